The Bertz CT molecular complexity index is 877. The molecule has 150 valence electrons. The minimum absolute atomic E-state index is 0.208. The van der Waals surface area contributed by atoms with Gasteiger partial charge in [0.1, 0.15) is 10.8 Å². The van der Waals surface area contributed by atoms with E-state index in [1.807, 2.05) is 0 Å². The van der Waals surface area contributed by atoms with Crippen LogP contribution in [0, 0.1) is 11.3 Å². The number of ether oxygens (including phenoxy) is 2. The van der Waals surface area contributed by atoms with Crippen molar-refractivity contribution in [2.45, 2.75) is 40.0 Å². The van der Waals surface area contributed by atoms with Gasteiger partial charge in [-0.25, -0.2) is 4.79 Å². The third kappa shape index (κ3) is 4.07. The molecule has 5 nitrogen and oxygen atoms in total. The molecular weight excluding hydrogens is 374 g/mol. The van der Waals surface area contributed by atoms with Crippen LogP contribution < -0.4 is 10.1 Å². The van der Waals surface area contributed by atoms with Crippen molar-refractivity contribution in [1.29, 1.82) is 0 Å². The molecule has 0 saturated heterocycles. The molecular formula is C22H27NO4S. The summed E-state index contributed by atoms with van der Waals surface area (Å²) in [5.74, 6) is 0.594. The Morgan fingerprint density at radius 2 is 1.82 bits per heavy atom. The maximum Gasteiger partial charge on any atom is 0.341 e. The van der Waals surface area contributed by atoms with Gasteiger partial charge < -0.3 is 14.8 Å². The van der Waals surface area contributed by atoms with E-state index in [9.17, 15) is 9.59 Å². The minimum atomic E-state index is -0.392. The van der Waals surface area contributed by atoms with Crippen molar-refractivity contribution in [1.82, 2.24) is 0 Å². The van der Waals surface area contributed by atoms with Gasteiger partial charge in [0.15, 0.2) is 0 Å². The molecule has 1 aliphatic rings. The molecule has 0 bridgehead atoms. The predicted octanol–water partition coefficient (Wildman–Crippen LogP) is 4.95. The fraction of sp³-hybridized carbons (Fsp3) is 0.455. The Labute approximate surface area is 170 Å². The highest BCUT2D eigenvalue weighted by Crippen LogP contribution is 2.44. The summed E-state index contributed by atoms with van der Waals surface area (Å²) in [5, 5.41) is 3.50. The molecule has 1 atom stereocenters. The first-order chi connectivity index (χ1) is 13.2. The zero-order valence-electron chi connectivity index (χ0n) is 17.0. The molecule has 1 aromatic carbocycles. The molecule has 0 saturated carbocycles. The molecule has 1 amide bonds. The van der Waals surface area contributed by atoms with Crippen LogP contribution in [0.1, 0.15) is 58.3 Å². The Balaban J connectivity index is 1.91. The molecule has 0 spiro atoms. The number of esters is 1. The van der Waals surface area contributed by atoms with E-state index in [1.54, 1.807) is 31.4 Å². The van der Waals surface area contributed by atoms with E-state index in [4.69, 9.17) is 9.47 Å². The molecule has 1 aromatic heterocycles. The van der Waals surface area contributed by atoms with E-state index in [0.717, 1.165) is 24.8 Å². The Morgan fingerprint density at radius 3 is 2.39 bits per heavy atom. The van der Waals surface area contributed by atoms with Crippen molar-refractivity contribution in [3.8, 4) is 5.75 Å². The highest BCUT2D eigenvalue weighted by molar-refractivity contribution is 7.17. The third-order valence-corrected chi connectivity index (χ3v) is 6.63. The first-order valence-electron chi connectivity index (χ1n) is 9.42. The number of nitrogens with one attached hydrogen (secondary N) is 1. The van der Waals surface area contributed by atoms with E-state index in [1.165, 1.54) is 23.3 Å². The second kappa shape index (κ2) is 7.95. The van der Waals surface area contributed by atoms with E-state index < -0.39 is 5.97 Å². The first kappa shape index (κ1) is 20.4. The van der Waals surface area contributed by atoms with Gasteiger partial charge in [0, 0.05) is 10.4 Å². The van der Waals surface area contributed by atoms with Crippen LogP contribution in [0.2, 0.25) is 0 Å². The van der Waals surface area contributed by atoms with Gasteiger partial charge in [0.25, 0.3) is 5.91 Å². The average molecular weight is 402 g/mol. The number of hydrogen-bond donors (Lipinski definition) is 1. The molecule has 3 rings (SSSR count). The molecule has 0 radical (unpaired) electrons. The van der Waals surface area contributed by atoms with Gasteiger partial charge in [0.2, 0.25) is 0 Å². The lowest BCUT2D eigenvalue weighted by atomic mass is 9.72. The van der Waals surface area contributed by atoms with Gasteiger partial charge in [0.05, 0.1) is 19.8 Å². The lowest BCUT2D eigenvalue weighted by Gasteiger charge is -2.33. The van der Waals surface area contributed by atoms with Crippen molar-refractivity contribution in [3.63, 3.8) is 0 Å². The van der Waals surface area contributed by atoms with Gasteiger partial charge in [-0.15, -0.1) is 11.3 Å². The molecule has 1 aliphatic carbocycles. The van der Waals surface area contributed by atoms with Crippen LogP contribution >= 0.6 is 11.3 Å². The van der Waals surface area contributed by atoms with Gasteiger partial charge >= 0.3 is 5.97 Å². The Hall–Kier alpha value is -2.34. The van der Waals surface area contributed by atoms with Crippen LogP contribution in [-0.4, -0.2) is 26.1 Å². The summed E-state index contributed by atoms with van der Waals surface area (Å²) in [5.41, 5.74) is 2.26. The highest BCUT2D eigenvalue weighted by Gasteiger charge is 2.34. The highest BCUT2D eigenvalue weighted by atomic mass is 32.1. The van der Waals surface area contributed by atoms with E-state index >= 15 is 0 Å². The smallest absolute Gasteiger partial charge is 0.341 e. The van der Waals surface area contributed by atoms with Crippen molar-refractivity contribution < 1.29 is 19.1 Å². The number of rotatable bonds is 4. The summed E-state index contributed by atoms with van der Waals surface area (Å²) in [6.45, 7) is 6.76. The number of carbonyl (C=O) groups is 2. The van der Waals surface area contributed by atoms with E-state index in [2.05, 4.69) is 26.1 Å². The number of carbonyl (C=O) groups excluding carboxylic acids is 2. The van der Waals surface area contributed by atoms with E-state index in [0.29, 0.717) is 27.8 Å². The quantitative estimate of drug-likeness (QED) is 0.737. The van der Waals surface area contributed by atoms with Crippen molar-refractivity contribution in [3.05, 3.63) is 45.8 Å². The predicted molar refractivity (Wildman–Crippen MR) is 112 cm³/mol. The molecule has 6 heteroatoms. The van der Waals surface area contributed by atoms with Gasteiger partial charge in [-0.3, -0.25) is 4.79 Å². The summed E-state index contributed by atoms with van der Waals surface area (Å²) in [7, 11) is 2.96. The van der Waals surface area contributed by atoms with Crippen LogP contribution in [0.5, 0.6) is 5.75 Å². The summed E-state index contributed by atoms with van der Waals surface area (Å²) in [6, 6.07) is 6.89. The average Bonchev–Trinajstić information content (AvgIpc) is 3.03. The molecule has 1 unspecified atom stereocenters. The van der Waals surface area contributed by atoms with Crippen molar-refractivity contribution >= 4 is 28.2 Å². The number of methoxy groups -OCH3 is 2. The second-order valence-corrected chi connectivity index (χ2v) is 9.29. The van der Waals surface area contributed by atoms with Gasteiger partial charge in [-0.1, -0.05) is 20.8 Å². The zero-order valence-corrected chi connectivity index (χ0v) is 17.9. The number of amides is 1. The Kier molecular flexibility index (Phi) is 5.79. The standard InChI is InChI=1S/C22H27NO4S/c1-22(2,3)14-8-11-16-17(12-14)28-20(18(16)21(25)27-5)23-19(24)13-6-9-15(26-4)10-7-13/h6-7,9-10,14H,8,11-12H2,1-5H3,(H,23,24). The summed E-state index contributed by atoms with van der Waals surface area (Å²) in [4.78, 5) is 26.4. The van der Waals surface area contributed by atoms with Crippen molar-refractivity contribution in [2.24, 2.45) is 11.3 Å². The maximum atomic E-state index is 12.7. The normalized spacial score (nSPS) is 16.2. The lowest BCUT2D eigenvalue weighted by molar-refractivity contribution is 0.0600. The number of anilines is 1. The van der Waals surface area contributed by atoms with Crippen LogP contribution in [0.25, 0.3) is 0 Å². The molecule has 0 fully saturated rings. The summed E-state index contributed by atoms with van der Waals surface area (Å²) < 4.78 is 10.1. The molecule has 0 aliphatic heterocycles. The SMILES string of the molecule is COC(=O)c1c(NC(=O)c2ccc(OC)cc2)sc2c1CCC(C(C)(C)C)C2. The number of fused-ring (bicyclic) bond motifs is 1. The van der Waals surface area contributed by atoms with Crippen LogP contribution in [0.4, 0.5) is 5.00 Å². The summed E-state index contributed by atoms with van der Waals surface area (Å²) >= 11 is 1.50. The molecule has 28 heavy (non-hydrogen) atoms. The van der Waals surface area contributed by atoms with Crippen LogP contribution in [0.15, 0.2) is 24.3 Å². The van der Waals surface area contributed by atoms with Gasteiger partial charge in [-0.2, -0.15) is 0 Å². The molecule has 1 heterocycles. The fourth-order valence-corrected chi connectivity index (χ4v) is 4.96. The number of benzene rings is 1. The topological polar surface area (TPSA) is 64.6 Å². The lowest BCUT2D eigenvalue weighted by Crippen LogP contribution is -2.26. The minimum Gasteiger partial charge on any atom is -0.497 e. The fourth-order valence-electron chi connectivity index (χ4n) is 3.65. The largest absolute Gasteiger partial charge is 0.497 e. The maximum absolute atomic E-state index is 12.7. The second-order valence-electron chi connectivity index (χ2n) is 8.19. The van der Waals surface area contributed by atoms with Crippen LogP contribution in [0.3, 0.4) is 0 Å². The van der Waals surface area contributed by atoms with Crippen LogP contribution in [-0.2, 0) is 17.6 Å². The number of hydrogen-bond acceptors (Lipinski definition) is 5. The summed E-state index contributed by atoms with van der Waals surface area (Å²) in [6.07, 6.45) is 2.78. The molecule has 1 N–H and O–H groups in total. The molecule has 2 aromatic rings. The zero-order chi connectivity index (χ0) is 20.5. The monoisotopic (exact) mass is 401 g/mol. The third-order valence-electron chi connectivity index (χ3n) is 5.46. The Morgan fingerprint density at radius 1 is 1.14 bits per heavy atom. The number of thiophene rings is 1. The van der Waals surface area contributed by atoms with E-state index in [-0.39, 0.29) is 11.3 Å². The first-order valence-corrected chi connectivity index (χ1v) is 10.2. The van der Waals surface area contributed by atoms with Crippen molar-refractivity contribution in [2.75, 3.05) is 19.5 Å². The van der Waals surface area contributed by atoms with Gasteiger partial charge in [-0.05, 0) is 60.4 Å².